The van der Waals surface area contributed by atoms with E-state index in [4.69, 9.17) is 0 Å². The Morgan fingerprint density at radius 2 is 1.21 bits per heavy atom. The summed E-state index contributed by atoms with van der Waals surface area (Å²) in [6.45, 7) is 4.59. The van der Waals surface area contributed by atoms with Gasteiger partial charge in [-0.05, 0) is 56.5 Å². The summed E-state index contributed by atoms with van der Waals surface area (Å²) in [5.41, 5.74) is 9.66. The van der Waals surface area contributed by atoms with Crippen molar-refractivity contribution in [3.63, 3.8) is 0 Å². The molecule has 1 aliphatic carbocycles. The second-order valence-corrected chi connectivity index (χ2v) is 8.00. The molecule has 0 aliphatic heterocycles. The molecule has 28 heavy (non-hydrogen) atoms. The SMILES string of the molecule is CC(C)C1=Cc2c(cccc2-c2ccccc2-c2cccc3ccccc23)C1. The molecule has 4 aromatic carbocycles. The third-order valence-corrected chi connectivity index (χ3v) is 5.96. The molecular formula is C28H24. The number of hydrogen-bond acceptors (Lipinski definition) is 0. The zero-order chi connectivity index (χ0) is 19.1. The van der Waals surface area contributed by atoms with Gasteiger partial charge >= 0.3 is 0 Å². The lowest BCUT2D eigenvalue weighted by Gasteiger charge is -2.15. The van der Waals surface area contributed by atoms with Crippen LogP contribution in [0.1, 0.15) is 25.0 Å². The van der Waals surface area contributed by atoms with Crippen LogP contribution in [0.15, 0.2) is 90.5 Å². The number of fused-ring (bicyclic) bond motifs is 2. The molecule has 0 N–H and O–H groups in total. The molecule has 0 heterocycles. The first-order valence-electron chi connectivity index (χ1n) is 10.1. The molecule has 0 atom stereocenters. The van der Waals surface area contributed by atoms with E-state index in [1.165, 1.54) is 49.7 Å². The summed E-state index contributed by atoms with van der Waals surface area (Å²) >= 11 is 0. The molecule has 0 spiro atoms. The van der Waals surface area contributed by atoms with Crippen molar-refractivity contribution in [1.82, 2.24) is 0 Å². The topological polar surface area (TPSA) is 0 Å². The fourth-order valence-electron chi connectivity index (χ4n) is 4.41. The molecule has 0 nitrogen and oxygen atoms in total. The van der Waals surface area contributed by atoms with Crippen molar-refractivity contribution in [2.45, 2.75) is 20.3 Å². The normalized spacial score (nSPS) is 13.0. The monoisotopic (exact) mass is 360 g/mol. The van der Waals surface area contributed by atoms with E-state index in [-0.39, 0.29) is 0 Å². The summed E-state index contributed by atoms with van der Waals surface area (Å²) in [6.07, 6.45) is 3.51. The number of allylic oxidation sites excluding steroid dienone is 1. The standard InChI is InChI=1S/C28H24/c1-19(2)22-17-21-11-8-16-27(28(21)18-22)26-14-6-5-13-25(26)24-15-7-10-20-9-3-4-12-23(20)24/h3-16,18-19H,17H2,1-2H3. The van der Waals surface area contributed by atoms with Gasteiger partial charge in [-0.2, -0.15) is 0 Å². The Morgan fingerprint density at radius 3 is 2.04 bits per heavy atom. The Balaban J connectivity index is 1.75. The third-order valence-electron chi connectivity index (χ3n) is 5.96. The zero-order valence-electron chi connectivity index (χ0n) is 16.4. The third kappa shape index (κ3) is 2.77. The molecule has 0 saturated heterocycles. The lowest BCUT2D eigenvalue weighted by atomic mass is 9.89. The molecule has 0 saturated carbocycles. The minimum atomic E-state index is 0.591. The molecule has 0 bridgehead atoms. The van der Waals surface area contributed by atoms with E-state index in [1.54, 1.807) is 0 Å². The molecule has 0 fully saturated rings. The molecule has 136 valence electrons. The molecule has 0 amide bonds. The van der Waals surface area contributed by atoms with Crippen LogP contribution in [0.25, 0.3) is 39.1 Å². The van der Waals surface area contributed by atoms with Crippen LogP contribution in [0.5, 0.6) is 0 Å². The predicted molar refractivity (Wildman–Crippen MR) is 121 cm³/mol. The van der Waals surface area contributed by atoms with Gasteiger partial charge in [0.25, 0.3) is 0 Å². The van der Waals surface area contributed by atoms with Gasteiger partial charge in [-0.25, -0.2) is 0 Å². The van der Waals surface area contributed by atoms with E-state index < -0.39 is 0 Å². The van der Waals surface area contributed by atoms with Crippen molar-refractivity contribution >= 4 is 16.8 Å². The van der Waals surface area contributed by atoms with Gasteiger partial charge in [0.1, 0.15) is 0 Å². The highest BCUT2D eigenvalue weighted by Gasteiger charge is 2.20. The predicted octanol–water partition coefficient (Wildman–Crippen LogP) is 7.77. The van der Waals surface area contributed by atoms with E-state index in [2.05, 4.69) is 105 Å². The van der Waals surface area contributed by atoms with Gasteiger partial charge in [-0.3, -0.25) is 0 Å². The molecule has 1 aliphatic rings. The summed E-state index contributed by atoms with van der Waals surface area (Å²) in [5, 5.41) is 2.60. The molecule has 0 radical (unpaired) electrons. The van der Waals surface area contributed by atoms with Crippen LogP contribution in [-0.2, 0) is 6.42 Å². The average Bonchev–Trinajstić information content (AvgIpc) is 3.18. The second kappa shape index (κ2) is 6.80. The van der Waals surface area contributed by atoms with Crippen LogP contribution in [0, 0.1) is 5.92 Å². The van der Waals surface area contributed by atoms with Crippen molar-refractivity contribution in [3.05, 3.63) is 102 Å². The van der Waals surface area contributed by atoms with Crippen LogP contribution in [0.4, 0.5) is 0 Å². The summed E-state index contributed by atoms with van der Waals surface area (Å²) in [6, 6.07) is 30.9. The first kappa shape index (κ1) is 17.0. The lowest BCUT2D eigenvalue weighted by Crippen LogP contribution is -1.93. The molecule has 5 rings (SSSR count). The Hall–Kier alpha value is -3.12. The van der Waals surface area contributed by atoms with Gasteiger partial charge in [0.2, 0.25) is 0 Å². The average molecular weight is 361 g/mol. The van der Waals surface area contributed by atoms with Gasteiger partial charge in [-0.15, -0.1) is 0 Å². The van der Waals surface area contributed by atoms with Crippen molar-refractivity contribution in [2.24, 2.45) is 5.92 Å². The largest absolute Gasteiger partial charge is 0.0626 e. The van der Waals surface area contributed by atoms with Crippen LogP contribution < -0.4 is 0 Å². The molecular weight excluding hydrogens is 336 g/mol. The minimum Gasteiger partial charge on any atom is -0.0626 e. The van der Waals surface area contributed by atoms with Crippen LogP contribution in [0.3, 0.4) is 0 Å². The van der Waals surface area contributed by atoms with E-state index in [0.29, 0.717) is 5.92 Å². The van der Waals surface area contributed by atoms with Crippen molar-refractivity contribution in [2.75, 3.05) is 0 Å². The lowest BCUT2D eigenvalue weighted by molar-refractivity contribution is 0.754. The van der Waals surface area contributed by atoms with Gasteiger partial charge in [0.05, 0.1) is 0 Å². The Morgan fingerprint density at radius 1 is 0.607 bits per heavy atom. The molecule has 0 aromatic heterocycles. The van der Waals surface area contributed by atoms with Crippen LogP contribution in [0.2, 0.25) is 0 Å². The van der Waals surface area contributed by atoms with E-state index in [0.717, 1.165) is 6.42 Å². The smallest absolute Gasteiger partial charge is 0.00550 e. The van der Waals surface area contributed by atoms with E-state index in [9.17, 15) is 0 Å². The van der Waals surface area contributed by atoms with Crippen molar-refractivity contribution in [1.29, 1.82) is 0 Å². The van der Waals surface area contributed by atoms with Gasteiger partial charge in [-0.1, -0.05) is 110 Å². The van der Waals surface area contributed by atoms with E-state index in [1.807, 2.05) is 0 Å². The quantitative estimate of drug-likeness (QED) is 0.350. The van der Waals surface area contributed by atoms with Gasteiger partial charge in [0, 0.05) is 0 Å². The molecule has 4 aromatic rings. The van der Waals surface area contributed by atoms with Crippen LogP contribution >= 0.6 is 0 Å². The zero-order valence-corrected chi connectivity index (χ0v) is 16.4. The maximum atomic E-state index is 2.43. The fraction of sp³-hybridized carbons (Fsp3) is 0.143. The highest BCUT2D eigenvalue weighted by molar-refractivity contribution is 6.01. The highest BCUT2D eigenvalue weighted by atomic mass is 14.2. The maximum Gasteiger partial charge on any atom is -0.00550 e. The fourth-order valence-corrected chi connectivity index (χ4v) is 4.41. The number of hydrogen-bond donors (Lipinski definition) is 0. The highest BCUT2D eigenvalue weighted by Crippen LogP contribution is 2.41. The Labute approximate surface area is 167 Å². The first-order chi connectivity index (χ1) is 13.7. The second-order valence-electron chi connectivity index (χ2n) is 8.00. The van der Waals surface area contributed by atoms with Crippen molar-refractivity contribution < 1.29 is 0 Å². The van der Waals surface area contributed by atoms with Crippen molar-refractivity contribution in [3.8, 4) is 22.3 Å². The summed E-state index contributed by atoms with van der Waals surface area (Å²) < 4.78 is 0. The van der Waals surface area contributed by atoms with Crippen LogP contribution in [-0.4, -0.2) is 0 Å². The number of benzene rings is 4. The summed E-state index contributed by atoms with van der Waals surface area (Å²) in [4.78, 5) is 0. The van der Waals surface area contributed by atoms with Gasteiger partial charge < -0.3 is 0 Å². The van der Waals surface area contributed by atoms with Gasteiger partial charge in [0.15, 0.2) is 0 Å². The minimum absolute atomic E-state index is 0.591. The van der Waals surface area contributed by atoms with E-state index >= 15 is 0 Å². The molecule has 0 heteroatoms. The summed E-state index contributed by atoms with van der Waals surface area (Å²) in [5.74, 6) is 0.591. The number of rotatable bonds is 3. The Kier molecular flexibility index (Phi) is 4.13. The molecule has 0 unspecified atom stereocenters. The maximum absolute atomic E-state index is 2.43. The Bertz CT molecular complexity index is 1200. The first-order valence-corrected chi connectivity index (χ1v) is 10.1. The summed E-state index contributed by atoms with van der Waals surface area (Å²) in [7, 11) is 0.